The van der Waals surface area contributed by atoms with Crippen molar-refractivity contribution in [2.45, 2.75) is 18.9 Å². The number of nitrogens with zero attached hydrogens (tertiary/aromatic N) is 1. The molecule has 2 aromatic heterocycles. The van der Waals surface area contributed by atoms with Crippen molar-refractivity contribution in [3.8, 4) is 0 Å². The van der Waals surface area contributed by atoms with Crippen LogP contribution in [0.5, 0.6) is 0 Å². The smallest absolute Gasteiger partial charge is 0.314 e. The van der Waals surface area contributed by atoms with Crippen molar-refractivity contribution in [1.82, 2.24) is 15.5 Å². The van der Waals surface area contributed by atoms with Crippen molar-refractivity contribution in [2.24, 2.45) is 0 Å². The second-order valence-corrected chi connectivity index (χ2v) is 8.29. The van der Waals surface area contributed by atoms with Crippen LogP contribution in [0.15, 0.2) is 46.5 Å². The number of carbonyl (C=O) groups excluding carboxylic acids is 1. The molecular formula is C20H25N3OS2. The lowest BCUT2D eigenvalue weighted by atomic mass is 10.0. The first-order valence-corrected chi connectivity index (χ1v) is 10.6. The number of nitrogens with one attached hydrogen (secondary N) is 2. The maximum absolute atomic E-state index is 12.1. The lowest BCUT2D eigenvalue weighted by molar-refractivity contribution is 0.232. The van der Waals surface area contributed by atoms with Gasteiger partial charge in [0.15, 0.2) is 0 Å². The van der Waals surface area contributed by atoms with Crippen LogP contribution < -0.4 is 10.6 Å². The Morgan fingerprint density at radius 3 is 2.77 bits per heavy atom. The topological polar surface area (TPSA) is 44.4 Å². The summed E-state index contributed by atoms with van der Waals surface area (Å²) < 4.78 is 1.32. The lowest BCUT2D eigenvalue weighted by Crippen LogP contribution is -2.45. The molecule has 0 bridgehead atoms. The number of benzene rings is 1. The highest BCUT2D eigenvalue weighted by Gasteiger charge is 2.16. The molecule has 0 saturated heterocycles. The summed E-state index contributed by atoms with van der Waals surface area (Å²) in [6, 6.07) is 10.8. The number of thiophene rings is 2. The predicted molar refractivity (Wildman–Crippen MR) is 112 cm³/mol. The van der Waals surface area contributed by atoms with Gasteiger partial charge in [-0.2, -0.15) is 11.3 Å². The van der Waals surface area contributed by atoms with E-state index in [4.69, 9.17) is 0 Å². The van der Waals surface area contributed by atoms with E-state index in [-0.39, 0.29) is 12.1 Å². The monoisotopic (exact) mass is 387 g/mol. The average molecular weight is 388 g/mol. The molecular weight excluding hydrogens is 362 g/mol. The maximum atomic E-state index is 12.1. The van der Waals surface area contributed by atoms with Crippen LogP contribution in [-0.4, -0.2) is 44.2 Å². The van der Waals surface area contributed by atoms with Gasteiger partial charge < -0.3 is 15.5 Å². The van der Waals surface area contributed by atoms with Crippen molar-refractivity contribution in [3.63, 3.8) is 0 Å². The Balaban J connectivity index is 1.49. The van der Waals surface area contributed by atoms with E-state index >= 15 is 0 Å². The van der Waals surface area contributed by atoms with Gasteiger partial charge in [0.25, 0.3) is 0 Å². The normalized spacial score (nSPS) is 12.4. The maximum Gasteiger partial charge on any atom is 0.314 e. The lowest BCUT2D eigenvalue weighted by Gasteiger charge is -2.24. The Morgan fingerprint density at radius 2 is 2.00 bits per heavy atom. The first kappa shape index (κ1) is 18.9. The summed E-state index contributed by atoms with van der Waals surface area (Å²) in [5, 5.41) is 13.7. The molecule has 2 amide bonds. The highest BCUT2D eigenvalue weighted by Crippen LogP contribution is 2.27. The van der Waals surface area contributed by atoms with Crippen LogP contribution in [0.3, 0.4) is 0 Å². The largest absolute Gasteiger partial charge is 0.338 e. The summed E-state index contributed by atoms with van der Waals surface area (Å²) >= 11 is 3.47. The molecule has 0 aliphatic rings. The van der Waals surface area contributed by atoms with Crippen molar-refractivity contribution in [2.75, 3.05) is 27.2 Å². The van der Waals surface area contributed by atoms with E-state index in [0.717, 1.165) is 12.8 Å². The third kappa shape index (κ3) is 5.06. The van der Waals surface area contributed by atoms with Crippen molar-refractivity contribution < 1.29 is 4.79 Å². The average Bonchev–Trinajstić information content (AvgIpc) is 3.28. The van der Waals surface area contributed by atoms with Gasteiger partial charge in [-0.25, -0.2) is 4.79 Å². The van der Waals surface area contributed by atoms with Gasteiger partial charge >= 0.3 is 6.03 Å². The van der Waals surface area contributed by atoms with Gasteiger partial charge in [0.1, 0.15) is 0 Å². The summed E-state index contributed by atoms with van der Waals surface area (Å²) in [6.07, 6.45) is 1.79. The Morgan fingerprint density at radius 1 is 1.15 bits per heavy atom. The van der Waals surface area contributed by atoms with E-state index < -0.39 is 0 Å². The van der Waals surface area contributed by atoms with Crippen molar-refractivity contribution >= 4 is 38.8 Å². The molecule has 1 atom stereocenters. The molecule has 3 aromatic rings. The Bertz CT molecular complexity index is 827. The molecule has 0 fully saturated rings. The summed E-state index contributed by atoms with van der Waals surface area (Å²) in [4.78, 5) is 14.3. The van der Waals surface area contributed by atoms with E-state index in [1.165, 1.54) is 21.2 Å². The van der Waals surface area contributed by atoms with Gasteiger partial charge in [-0.15, -0.1) is 11.3 Å². The molecule has 1 aromatic carbocycles. The van der Waals surface area contributed by atoms with Gasteiger partial charge in [-0.3, -0.25) is 0 Å². The second-order valence-electron chi connectivity index (χ2n) is 6.60. The first-order valence-electron chi connectivity index (χ1n) is 8.78. The van der Waals surface area contributed by atoms with Crippen LogP contribution in [0.1, 0.15) is 11.1 Å². The number of fused-ring (bicyclic) bond motifs is 1. The summed E-state index contributed by atoms with van der Waals surface area (Å²) in [5.41, 5.74) is 2.62. The molecule has 0 radical (unpaired) electrons. The zero-order valence-electron chi connectivity index (χ0n) is 15.2. The number of rotatable bonds is 8. The standard InChI is InChI=1S/C20H25N3OS2/c1-23(2)17(11-16-14-26-19-6-4-3-5-18(16)19)12-22-20(24)21-9-7-15-8-10-25-13-15/h3-6,8,10,13-14,17H,7,9,11-12H2,1-2H3,(H2,21,22,24). The van der Waals surface area contributed by atoms with Gasteiger partial charge in [-0.05, 0) is 71.7 Å². The fourth-order valence-corrected chi connectivity index (χ4v) is 4.59. The van der Waals surface area contributed by atoms with Crippen LogP contribution in [0.4, 0.5) is 4.79 Å². The predicted octanol–water partition coefficient (Wildman–Crippen LogP) is 3.98. The fraction of sp³-hybridized carbons (Fsp3) is 0.350. The molecule has 26 heavy (non-hydrogen) atoms. The minimum Gasteiger partial charge on any atom is -0.338 e. The van der Waals surface area contributed by atoms with Crippen LogP contribution >= 0.6 is 22.7 Å². The van der Waals surface area contributed by atoms with Crippen LogP contribution in [0.2, 0.25) is 0 Å². The number of hydrogen-bond donors (Lipinski definition) is 2. The highest BCUT2D eigenvalue weighted by molar-refractivity contribution is 7.17. The van der Waals surface area contributed by atoms with E-state index in [1.807, 2.05) is 0 Å². The molecule has 0 aliphatic carbocycles. The number of carbonyl (C=O) groups is 1. The molecule has 6 heteroatoms. The molecule has 1 unspecified atom stereocenters. The summed E-state index contributed by atoms with van der Waals surface area (Å²) in [6.45, 7) is 1.28. The quantitative estimate of drug-likeness (QED) is 0.614. The van der Waals surface area contributed by atoms with E-state index in [0.29, 0.717) is 13.1 Å². The molecule has 3 rings (SSSR count). The second kappa shape index (κ2) is 9.16. The highest BCUT2D eigenvalue weighted by atomic mass is 32.1. The van der Waals surface area contributed by atoms with Gasteiger partial charge in [-0.1, -0.05) is 18.2 Å². The number of likely N-dealkylation sites (N-methyl/N-ethyl adjacent to an activating group) is 1. The molecule has 4 nitrogen and oxygen atoms in total. The Labute approximate surface area is 162 Å². The van der Waals surface area contributed by atoms with Crippen LogP contribution in [0, 0.1) is 0 Å². The molecule has 2 heterocycles. The first-order chi connectivity index (χ1) is 12.6. The van der Waals surface area contributed by atoms with E-state index in [2.05, 4.69) is 76.1 Å². The molecule has 2 N–H and O–H groups in total. The third-order valence-corrected chi connectivity index (χ3v) is 6.27. The van der Waals surface area contributed by atoms with E-state index in [1.54, 1.807) is 22.7 Å². The minimum absolute atomic E-state index is 0.0951. The molecule has 0 aliphatic heterocycles. The zero-order chi connectivity index (χ0) is 18.4. The summed E-state index contributed by atoms with van der Waals surface area (Å²) in [5.74, 6) is 0. The molecule has 0 saturated carbocycles. The SMILES string of the molecule is CN(C)C(CNC(=O)NCCc1ccsc1)Cc1csc2ccccc12. The van der Waals surface area contributed by atoms with Crippen molar-refractivity contribution in [1.29, 1.82) is 0 Å². The number of hydrogen-bond acceptors (Lipinski definition) is 4. The van der Waals surface area contributed by atoms with E-state index in [9.17, 15) is 4.79 Å². The Hall–Kier alpha value is -1.89. The van der Waals surface area contributed by atoms with Crippen molar-refractivity contribution in [3.05, 3.63) is 57.6 Å². The molecule has 0 spiro atoms. The zero-order valence-corrected chi connectivity index (χ0v) is 16.8. The third-order valence-electron chi connectivity index (χ3n) is 4.52. The fourth-order valence-electron chi connectivity index (χ4n) is 2.91. The Kier molecular flexibility index (Phi) is 6.66. The number of urea groups is 1. The molecule has 138 valence electrons. The van der Waals surface area contributed by atoms with Crippen LogP contribution in [0.25, 0.3) is 10.1 Å². The van der Waals surface area contributed by atoms with Gasteiger partial charge in [0.05, 0.1) is 0 Å². The minimum atomic E-state index is -0.0951. The summed E-state index contributed by atoms with van der Waals surface area (Å²) in [7, 11) is 4.13. The van der Waals surface area contributed by atoms with Gasteiger partial charge in [0.2, 0.25) is 0 Å². The van der Waals surface area contributed by atoms with Gasteiger partial charge in [0, 0.05) is 23.8 Å². The number of amides is 2. The van der Waals surface area contributed by atoms with Crippen LogP contribution in [-0.2, 0) is 12.8 Å².